The second-order valence-corrected chi connectivity index (χ2v) is 12.5. The van der Waals surface area contributed by atoms with E-state index in [1.54, 1.807) is 6.20 Å². The van der Waals surface area contributed by atoms with Gasteiger partial charge in [-0.05, 0) is 47.1 Å². The number of halogens is 1. The lowest BCUT2D eigenvalue weighted by Crippen LogP contribution is -2.21. The maximum atomic E-state index is 9.03. The molecule has 0 atom stereocenters. The SMILES string of the molecule is CC(C)(C)S(C)(C)C.OCc1nccc2cc(Br)ccc12. The molecule has 0 bridgehead atoms. The molecule has 1 aromatic heterocycles. The average molecular weight is 372 g/mol. The third kappa shape index (κ3) is 5.28. The van der Waals surface area contributed by atoms with Crippen molar-refractivity contribution in [2.45, 2.75) is 32.1 Å². The van der Waals surface area contributed by atoms with Crippen molar-refractivity contribution >= 4 is 36.7 Å². The van der Waals surface area contributed by atoms with E-state index in [1.165, 1.54) is 0 Å². The summed E-state index contributed by atoms with van der Waals surface area (Å²) in [4.78, 5) is 4.09. The van der Waals surface area contributed by atoms with Gasteiger partial charge in [0.1, 0.15) is 0 Å². The van der Waals surface area contributed by atoms with Crippen molar-refractivity contribution < 1.29 is 5.11 Å². The van der Waals surface area contributed by atoms with E-state index in [2.05, 4.69) is 60.5 Å². The van der Waals surface area contributed by atoms with E-state index in [4.69, 9.17) is 5.11 Å². The molecule has 1 heterocycles. The third-order valence-corrected chi connectivity index (χ3v) is 7.96. The molecular formula is C17H26BrNOS. The largest absolute Gasteiger partial charge is 0.390 e. The molecule has 0 aliphatic carbocycles. The summed E-state index contributed by atoms with van der Waals surface area (Å²) in [5.74, 6) is 0. The molecule has 0 unspecified atom stereocenters. The molecule has 0 aliphatic rings. The standard InChI is InChI=1S/C10H8BrNO.C7H18S/c11-8-1-2-9-7(5-8)3-4-12-10(9)6-13;1-7(2,3)8(4,5)6/h1-5,13H,6H2;1-6H3. The van der Waals surface area contributed by atoms with Crippen molar-refractivity contribution in [1.29, 1.82) is 0 Å². The van der Waals surface area contributed by atoms with Crippen molar-refractivity contribution in [3.05, 3.63) is 40.6 Å². The number of aromatic nitrogens is 1. The molecule has 0 spiro atoms. The Hall–Kier alpha value is -0.580. The Labute approximate surface area is 138 Å². The van der Waals surface area contributed by atoms with Crippen LogP contribution in [0.2, 0.25) is 0 Å². The fourth-order valence-corrected chi connectivity index (χ4v) is 1.72. The first-order valence-electron chi connectivity index (χ1n) is 6.88. The molecule has 2 nitrogen and oxygen atoms in total. The maximum Gasteiger partial charge on any atom is 0.0859 e. The van der Waals surface area contributed by atoms with E-state index in [1.807, 2.05) is 24.3 Å². The highest BCUT2D eigenvalue weighted by Crippen LogP contribution is 2.48. The van der Waals surface area contributed by atoms with Gasteiger partial charge in [-0.3, -0.25) is 4.98 Å². The summed E-state index contributed by atoms with van der Waals surface area (Å²) in [5.41, 5.74) is 0.727. The lowest BCUT2D eigenvalue weighted by molar-refractivity contribution is 0.278. The van der Waals surface area contributed by atoms with Gasteiger partial charge in [0, 0.05) is 16.1 Å². The van der Waals surface area contributed by atoms with Crippen LogP contribution in [-0.4, -0.2) is 33.6 Å². The molecule has 2 rings (SSSR count). The molecule has 1 N–H and O–H groups in total. The number of hydrogen-bond donors (Lipinski definition) is 1. The predicted octanol–water partition coefficient (Wildman–Crippen LogP) is 4.97. The summed E-state index contributed by atoms with van der Waals surface area (Å²) in [6.07, 6.45) is 8.77. The van der Waals surface area contributed by atoms with Crippen LogP contribution in [0.5, 0.6) is 0 Å². The smallest absolute Gasteiger partial charge is 0.0859 e. The summed E-state index contributed by atoms with van der Waals surface area (Å²) in [6, 6.07) is 7.84. The molecule has 0 saturated heterocycles. The first kappa shape index (κ1) is 18.5. The minimum absolute atomic E-state index is 0.0149. The minimum atomic E-state index is -0.340. The highest BCUT2D eigenvalue weighted by Gasteiger charge is 2.21. The van der Waals surface area contributed by atoms with E-state index in [9.17, 15) is 0 Å². The van der Waals surface area contributed by atoms with Crippen molar-refractivity contribution in [3.63, 3.8) is 0 Å². The van der Waals surface area contributed by atoms with E-state index >= 15 is 0 Å². The first-order valence-corrected chi connectivity index (χ1v) is 10.5. The summed E-state index contributed by atoms with van der Waals surface area (Å²) < 4.78 is 1.56. The summed E-state index contributed by atoms with van der Waals surface area (Å²) in [6.45, 7) is 6.91. The quantitative estimate of drug-likeness (QED) is 0.767. The van der Waals surface area contributed by atoms with Crippen molar-refractivity contribution in [2.24, 2.45) is 0 Å². The zero-order valence-electron chi connectivity index (χ0n) is 13.8. The lowest BCUT2D eigenvalue weighted by Gasteiger charge is -2.40. The molecule has 0 aliphatic heterocycles. The molecule has 0 fully saturated rings. The van der Waals surface area contributed by atoms with Crippen LogP contribution in [0, 0.1) is 0 Å². The van der Waals surface area contributed by atoms with Gasteiger partial charge in [0.05, 0.1) is 12.3 Å². The van der Waals surface area contributed by atoms with Gasteiger partial charge in [0.15, 0.2) is 0 Å². The zero-order chi connectivity index (χ0) is 16.3. The number of nitrogens with zero attached hydrogens (tertiary/aromatic N) is 1. The monoisotopic (exact) mass is 371 g/mol. The topological polar surface area (TPSA) is 33.1 Å². The van der Waals surface area contributed by atoms with Gasteiger partial charge in [-0.25, -0.2) is 10.0 Å². The Kier molecular flexibility index (Phi) is 6.26. The molecule has 1 aromatic carbocycles. The predicted molar refractivity (Wildman–Crippen MR) is 100 cm³/mol. The van der Waals surface area contributed by atoms with Crippen LogP contribution < -0.4 is 0 Å². The van der Waals surface area contributed by atoms with E-state index in [0.29, 0.717) is 4.75 Å². The van der Waals surface area contributed by atoms with Crippen LogP contribution in [0.15, 0.2) is 34.9 Å². The van der Waals surface area contributed by atoms with Gasteiger partial charge in [0.2, 0.25) is 0 Å². The van der Waals surface area contributed by atoms with Gasteiger partial charge in [-0.15, -0.1) is 0 Å². The molecular weight excluding hydrogens is 346 g/mol. The van der Waals surface area contributed by atoms with Gasteiger partial charge < -0.3 is 5.11 Å². The fourth-order valence-electron chi connectivity index (χ4n) is 1.34. The number of aliphatic hydroxyl groups is 1. The third-order valence-electron chi connectivity index (χ3n) is 3.80. The Bertz CT molecular complexity index is 588. The number of benzene rings is 1. The van der Waals surface area contributed by atoms with Crippen LogP contribution >= 0.6 is 26.0 Å². The van der Waals surface area contributed by atoms with Crippen molar-refractivity contribution in [3.8, 4) is 0 Å². The number of rotatable bonds is 1. The van der Waals surface area contributed by atoms with Crippen LogP contribution in [0.3, 0.4) is 0 Å². The van der Waals surface area contributed by atoms with Crippen LogP contribution in [0.4, 0.5) is 0 Å². The minimum Gasteiger partial charge on any atom is -0.390 e. The van der Waals surface area contributed by atoms with Gasteiger partial charge in [-0.1, -0.05) is 42.8 Å². The summed E-state index contributed by atoms with van der Waals surface area (Å²) in [7, 11) is -0.340. The Morgan fingerprint density at radius 2 is 1.71 bits per heavy atom. The zero-order valence-corrected chi connectivity index (χ0v) is 16.2. The van der Waals surface area contributed by atoms with Gasteiger partial charge in [-0.2, -0.15) is 0 Å². The molecule has 0 saturated carbocycles. The normalized spacial score (nSPS) is 12.8. The van der Waals surface area contributed by atoms with Crippen LogP contribution in [-0.2, 0) is 6.61 Å². The van der Waals surface area contributed by atoms with E-state index in [-0.39, 0.29) is 16.6 Å². The van der Waals surface area contributed by atoms with Crippen LogP contribution in [0.1, 0.15) is 26.5 Å². The Morgan fingerprint density at radius 3 is 2.19 bits per heavy atom. The molecule has 2 aromatic rings. The molecule has 0 radical (unpaired) electrons. The van der Waals surface area contributed by atoms with E-state index < -0.39 is 0 Å². The Balaban J connectivity index is 0.000000240. The van der Waals surface area contributed by atoms with Crippen molar-refractivity contribution in [1.82, 2.24) is 4.98 Å². The molecule has 118 valence electrons. The van der Waals surface area contributed by atoms with E-state index in [0.717, 1.165) is 20.9 Å². The number of pyridine rings is 1. The first-order chi connectivity index (χ1) is 9.56. The maximum absolute atomic E-state index is 9.03. The number of aliphatic hydroxyl groups excluding tert-OH is 1. The van der Waals surface area contributed by atoms with Gasteiger partial charge in [0.25, 0.3) is 0 Å². The number of hydrogen-bond acceptors (Lipinski definition) is 2. The summed E-state index contributed by atoms with van der Waals surface area (Å²) in [5, 5.41) is 11.1. The molecule has 0 amide bonds. The molecule has 4 heteroatoms. The number of fused-ring (bicyclic) bond motifs is 1. The van der Waals surface area contributed by atoms with Gasteiger partial charge >= 0.3 is 0 Å². The second-order valence-electron chi connectivity index (χ2n) is 6.73. The summed E-state index contributed by atoms with van der Waals surface area (Å²) >= 11 is 3.40. The lowest BCUT2D eigenvalue weighted by atomic mass is 10.1. The highest BCUT2D eigenvalue weighted by molar-refractivity contribution is 9.10. The van der Waals surface area contributed by atoms with Crippen molar-refractivity contribution in [2.75, 3.05) is 18.8 Å². The highest BCUT2D eigenvalue weighted by atomic mass is 79.9. The van der Waals surface area contributed by atoms with Crippen LogP contribution in [0.25, 0.3) is 10.8 Å². The molecule has 21 heavy (non-hydrogen) atoms. The average Bonchev–Trinajstić information content (AvgIpc) is 2.36. The fraction of sp³-hybridized carbons (Fsp3) is 0.471. The second kappa shape index (κ2) is 7.12. The Morgan fingerprint density at radius 1 is 1.14 bits per heavy atom.